The van der Waals surface area contributed by atoms with Gasteiger partial charge in [0.1, 0.15) is 0 Å². The molecule has 0 atom stereocenters. The second-order valence-corrected chi connectivity index (χ2v) is 5.36. The minimum absolute atomic E-state index is 0.0358. The number of halogens is 2. The van der Waals surface area contributed by atoms with Gasteiger partial charge in [0.2, 0.25) is 5.91 Å². The van der Waals surface area contributed by atoms with E-state index < -0.39 is 0 Å². The number of likely N-dealkylation sites (N-methyl/N-ethyl adjacent to an activating group) is 1. The summed E-state index contributed by atoms with van der Waals surface area (Å²) in [4.78, 5) is 13.7. The molecule has 1 rings (SSSR count). The van der Waals surface area contributed by atoms with Gasteiger partial charge in [-0.1, -0.05) is 43.1 Å². The number of hydrogen-bond donors (Lipinski definition) is 0. The summed E-state index contributed by atoms with van der Waals surface area (Å²) < 4.78 is 0. The van der Waals surface area contributed by atoms with Crippen molar-refractivity contribution in [2.24, 2.45) is 5.92 Å². The lowest BCUT2D eigenvalue weighted by Gasteiger charge is -2.20. The van der Waals surface area contributed by atoms with E-state index in [2.05, 4.69) is 13.8 Å². The molecule has 0 N–H and O–H groups in total. The predicted molar refractivity (Wildman–Crippen MR) is 72.6 cm³/mol. The average Bonchev–Trinajstić information content (AvgIpc) is 2.22. The minimum Gasteiger partial charge on any atom is -0.345 e. The highest BCUT2D eigenvalue weighted by Gasteiger charge is 2.14. The van der Waals surface area contributed by atoms with Gasteiger partial charge in [-0.3, -0.25) is 4.79 Å². The Kier molecular flexibility index (Phi) is 5.29. The largest absolute Gasteiger partial charge is 0.345 e. The van der Waals surface area contributed by atoms with Crippen LogP contribution in [0.15, 0.2) is 18.2 Å². The zero-order chi connectivity index (χ0) is 13.0. The van der Waals surface area contributed by atoms with Crippen molar-refractivity contribution in [3.05, 3.63) is 33.8 Å². The van der Waals surface area contributed by atoms with Gasteiger partial charge >= 0.3 is 0 Å². The zero-order valence-electron chi connectivity index (χ0n) is 10.3. The van der Waals surface area contributed by atoms with Crippen LogP contribution in [0.2, 0.25) is 10.0 Å². The summed E-state index contributed by atoms with van der Waals surface area (Å²) in [6.45, 7) is 4.89. The van der Waals surface area contributed by atoms with Crippen LogP contribution in [0.5, 0.6) is 0 Å². The zero-order valence-corrected chi connectivity index (χ0v) is 11.8. The summed E-state index contributed by atoms with van der Waals surface area (Å²) in [5.74, 6) is 0.486. The molecule has 0 saturated heterocycles. The number of carbonyl (C=O) groups excluding carboxylic acids is 1. The van der Waals surface area contributed by atoms with Crippen LogP contribution in [0.25, 0.3) is 0 Å². The molecule has 0 unspecified atom stereocenters. The third kappa shape index (κ3) is 4.21. The molecule has 1 aromatic carbocycles. The first-order chi connectivity index (χ1) is 7.91. The molecule has 1 amide bonds. The van der Waals surface area contributed by atoms with Gasteiger partial charge in [0, 0.05) is 23.6 Å². The summed E-state index contributed by atoms with van der Waals surface area (Å²) in [5.41, 5.74) is 0.705. The molecule has 0 aliphatic carbocycles. The van der Waals surface area contributed by atoms with E-state index in [9.17, 15) is 4.79 Å². The number of benzene rings is 1. The summed E-state index contributed by atoms with van der Waals surface area (Å²) in [7, 11) is 1.80. The highest BCUT2D eigenvalue weighted by molar-refractivity contribution is 6.36. The van der Waals surface area contributed by atoms with Gasteiger partial charge < -0.3 is 4.90 Å². The lowest BCUT2D eigenvalue weighted by molar-refractivity contribution is -0.129. The summed E-state index contributed by atoms with van der Waals surface area (Å²) in [5, 5.41) is 1.09. The van der Waals surface area contributed by atoms with E-state index in [0.717, 1.165) is 6.54 Å². The van der Waals surface area contributed by atoms with Gasteiger partial charge in [-0.15, -0.1) is 0 Å². The Morgan fingerprint density at radius 2 is 1.82 bits per heavy atom. The first-order valence-corrected chi connectivity index (χ1v) is 6.34. The predicted octanol–water partition coefficient (Wildman–Crippen LogP) is 3.65. The summed E-state index contributed by atoms with van der Waals surface area (Å²) in [6, 6.07) is 5.27. The molecule has 17 heavy (non-hydrogen) atoms. The second-order valence-electron chi connectivity index (χ2n) is 4.55. The normalized spacial score (nSPS) is 10.7. The van der Waals surface area contributed by atoms with E-state index in [1.165, 1.54) is 0 Å². The van der Waals surface area contributed by atoms with Crippen molar-refractivity contribution in [1.82, 2.24) is 4.90 Å². The number of hydrogen-bond acceptors (Lipinski definition) is 1. The molecule has 0 aliphatic heterocycles. The van der Waals surface area contributed by atoms with Crippen molar-refractivity contribution in [3.8, 4) is 0 Å². The Morgan fingerprint density at radius 3 is 2.29 bits per heavy atom. The number of carbonyl (C=O) groups is 1. The SMILES string of the molecule is CC(C)CN(C)C(=O)Cc1c(Cl)cccc1Cl. The van der Waals surface area contributed by atoms with Gasteiger partial charge in [0.15, 0.2) is 0 Å². The molecular weight excluding hydrogens is 257 g/mol. The van der Waals surface area contributed by atoms with Gasteiger partial charge in [-0.2, -0.15) is 0 Å². The van der Waals surface area contributed by atoms with Crippen LogP contribution >= 0.6 is 23.2 Å². The first kappa shape index (κ1) is 14.3. The van der Waals surface area contributed by atoms with Crippen molar-refractivity contribution in [2.75, 3.05) is 13.6 Å². The molecule has 0 fully saturated rings. The lowest BCUT2D eigenvalue weighted by atomic mass is 10.1. The standard InChI is InChI=1S/C13H17Cl2NO/c1-9(2)8-16(3)13(17)7-10-11(14)5-4-6-12(10)15/h4-6,9H,7-8H2,1-3H3. The average molecular weight is 274 g/mol. The molecule has 0 heterocycles. The molecule has 0 bridgehead atoms. The molecule has 4 heteroatoms. The van der Waals surface area contributed by atoms with Crippen LogP contribution in [-0.4, -0.2) is 24.4 Å². The smallest absolute Gasteiger partial charge is 0.226 e. The van der Waals surface area contributed by atoms with E-state index in [4.69, 9.17) is 23.2 Å². The van der Waals surface area contributed by atoms with Gasteiger partial charge in [0.25, 0.3) is 0 Å². The van der Waals surface area contributed by atoms with Crippen molar-refractivity contribution < 1.29 is 4.79 Å². The number of nitrogens with zero attached hydrogens (tertiary/aromatic N) is 1. The fourth-order valence-electron chi connectivity index (χ4n) is 1.64. The Morgan fingerprint density at radius 1 is 1.29 bits per heavy atom. The molecule has 94 valence electrons. The van der Waals surface area contributed by atoms with Gasteiger partial charge in [-0.25, -0.2) is 0 Å². The highest BCUT2D eigenvalue weighted by Crippen LogP contribution is 2.25. The molecule has 0 aromatic heterocycles. The van der Waals surface area contributed by atoms with Crippen molar-refractivity contribution >= 4 is 29.1 Å². The maximum Gasteiger partial charge on any atom is 0.226 e. The Bertz CT molecular complexity index is 384. The number of amides is 1. The molecule has 0 spiro atoms. The van der Waals surface area contributed by atoms with Crippen LogP contribution in [0.3, 0.4) is 0 Å². The van der Waals surface area contributed by atoms with E-state index >= 15 is 0 Å². The molecule has 0 aliphatic rings. The third-order valence-corrected chi connectivity index (χ3v) is 3.16. The van der Waals surface area contributed by atoms with Crippen molar-refractivity contribution in [2.45, 2.75) is 20.3 Å². The topological polar surface area (TPSA) is 20.3 Å². The first-order valence-electron chi connectivity index (χ1n) is 5.58. The van der Waals surface area contributed by atoms with Crippen LogP contribution in [0.4, 0.5) is 0 Å². The Hall–Kier alpha value is -0.730. The fourth-order valence-corrected chi connectivity index (χ4v) is 2.17. The summed E-state index contributed by atoms with van der Waals surface area (Å²) >= 11 is 12.1. The minimum atomic E-state index is 0.0358. The van der Waals surface area contributed by atoms with E-state index in [1.54, 1.807) is 30.1 Å². The third-order valence-electron chi connectivity index (χ3n) is 2.45. The maximum atomic E-state index is 12.0. The van der Waals surface area contributed by atoms with Gasteiger partial charge in [0.05, 0.1) is 6.42 Å². The van der Waals surface area contributed by atoms with Crippen LogP contribution in [0.1, 0.15) is 19.4 Å². The van der Waals surface area contributed by atoms with E-state index in [1.807, 2.05) is 0 Å². The second kappa shape index (κ2) is 6.27. The molecular formula is C13H17Cl2NO. The Balaban J connectivity index is 2.74. The van der Waals surface area contributed by atoms with Crippen LogP contribution in [-0.2, 0) is 11.2 Å². The number of rotatable bonds is 4. The van der Waals surface area contributed by atoms with Crippen molar-refractivity contribution in [1.29, 1.82) is 0 Å². The Labute approximate surface area is 113 Å². The molecule has 0 radical (unpaired) electrons. The molecule has 1 aromatic rings. The maximum absolute atomic E-state index is 12.0. The monoisotopic (exact) mass is 273 g/mol. The molecule has 0 saturated carbocycles. The quantitative estimate of drug-likeness (QED) is 0.820. The van der Waals surface area contributed by atoms with E-state index in [0.29, 0.717) is 21.5 Å². The summed E-state index contributed by atoms with van der Waals surface area (Å²) in [6.07, 6.45) is 0.252. The fraction of sp³-hybridized carbons (Fsp3) is 0.462. The lowest BCUT2D eigenvalue weighted by Crippen LogP contribution is -2.31. The highest BCUT2D eigenvalue weighted by atomic mass is 35.5. The van der Waals surface area contributed by atoms with Crippen molar-refractivity contribution in [3.63, 3.8) is 0 Å². The van der Waals surface area contributed by atoms with Gasteiger partial charge in [-0.05, 0) is 23.6 Å². The molecule has 2 nitrogen and oxygen atoms in total. The van der Waals surface area contributed by atoms with Crippen LogP contribution in [0, 0.1) is 5.92 Å². The van der Waals surface area contributed by atoms with Crippen LogP contribution < -0.4 is 0 Å². The van der Waals surface area contributed by atoms with E-state index in [-0.39, 0.29) is 12.3 Å².